The van der Waals surface area contributed by atoms with Gasteiger partial charge in [-0.3, -0.25) is 0 Å². The molecule has 1 N–H and O–H groups in total. The van der Waals surface area contributed by atoms with Crippen LogP contribution in [0.4, 0.5) is 4.79 Å². The van der Waals surface area contributed by atoms with Crippen molar-refractivity contribution in [3.8, 4) is 0 Å². The van der Waals surface area contributed by atoms with E-state index in [-0.39, 0.29) is 18.2 Å². The van der Waals surface area contributed by atoms with Gasteiger partial charge in [0.2, 0.25) is 0 Å². The molecular weight excluding hydrogens is 202 g/mol. The van der Waals surface area contributed by atoms with Crippen LogP contribution in [0.1, 0.15) is 12.0 Å². The van der Waals surface area contributed by atoms with Crippen LogP contribution in [0.15, 0.2) is 43.0 Å². The molecule has 1 saturated heterocycles. The second kappa shape index (κ2) is 4.84. The van der Waals surface area contributed by atoms with Crippen LogP contribution in [-0.2, 0) is 11.2 Å². The highest BCUT2D eigenvalue weighted by molar-refractivity contribution is 5.70. The van der Waals surface area contributed by atoms with E-state index in [1.54, 1.807) is 6.08 Å². The van der Waals surface area contributed by atoms with Gasteiger partial charge in [-0.15, -0.1) is 6.58 Å². The molecule has 0 radical (unpaired) electrons. The zero-order valence-corrected chi connectivity index (χ0v) is 9.06. The van der Waals surface area contributed by atoms with Crippen molar-refractivity contribution in [1.82, 2.24) is 5.32 Å². The molecule has 16 heavy (non-hydrogen) atoms. The van der Waals surface area contributed by atoms with Crippen molar-refractivity contribution in [2.75, 3.05) is 0 Å². The van der Waals surface area contributed by atoms with Crippen molar-refractivity contribution < 1.29 is 9.53 Å². The Hall–Kier alpha value is -1.77. The second-order valence-electron chi connectivity index (χ2n) is 3.91. The smallest absolute Gasteiger partial charge is 0.407 e. The molecule has 1 heterocycles. The number of alkyl carbamates (subject to hydrolysis) is 1. The summed E-state index contributed by atoms with van der Waals surface area (Å²) in [5.74, 6) is 0. The van der Waals surface area contributed by atoms with E-state index in [2.05, 4.69) is 24.0 Å². The van der Waals surface area contributed by atoms with Crippen LogP contribution in [0.5, 0.6) is 0 Å². The van der Waals surface area contributed by atoms with Crippen molar-refractivity contribution in [3.05, 3.63) is 48.6 Å². The molecular formula is C13H15NO2. The van der Waals surface area contributed by atoms with Crippen LogP contribution in [-0.4, -0.2) is 18.2 Å². The third-order valence-electron chi connectivity index (χ3n) is 2.71. The monoisotopic (exact) mass is 217 g/mol. The van der Waals surface area contributed by atoms with E-state index in [0.717, 1.165) is 6.42 Å². The Morgan fingerprint density at radius 2 is 2.12 bits per heavy atom. The third kappa shape index (κ3) is 2.42. The lowest BCUT2D eigenvalue weighted by molar-refractivity contribution is 0.133. The van der Waals surface area contributed by atoms with Gasteiger partial charge in [0.25, 0.3) is 0 Å². The summed E-state index contributed by atoms with van der Waals surface area (Å²) in [6.07, 6.45) is 2.85. The van der Waals surface area contributed by atoms with E-state index in [1.807, 2.05) is 18.2 Å². The number of hydrogen-bond donors (Lipinski definition) is 1. The average molecular weight is 217 g/mol. The Balaban J connectivity index is 2.03. The lowest BCUT2D eigenvalue weighted by Gasteiger charge is -2.15. The summed E-state index contributed by atoms with van der Waals surface area (Å²) in [6, 6.07) is 10.1. The maximum Gasteiger partial charge on any atom is 0.407 e. The lowest BCUT2D eigenvalue weighted by Crippen LogP contribution is -2.33. The largest absolute Gasteiger partial charge is 0.444 e. The van der Waals surface area contributed by atoms with E-state index in [9.17, 15) is 4.79 Å². The number of rotatable bonds is 4. The van der Waals surface area contributed by atoms with Crippen LogP contribution in [0.25, 0.3) is 0 Å². The molecule has 84 valence electrons. The summed E-state index contributed by atoms with van der Waals surface area (Å²) in [5, 5.41) is 2.83. The summed E-state index contributed by atoms with van der Waals surface area (Å²) >= 11 is 0. The Morgan fingerprint density at radius 3 is 2.81 bits per heavy atom. The molecule has 2 rings (SSSR count). The molecule has 0 spiro atoms. The fourth-order valence-corrected chi connectivity index (χ4v) is 1.93. The molecule has 0 bridgehead atoms. The summed E-state index contributed by atoms with van der Waals surface area (Å²) in [6.45, 7) is 3.67. The number of nitrogens with one attached hydrogen (secondary N) is 1. The predicted octanol–water partition coefficient (Wildman–Crippen LogP) is 2.28. The normalized spacial score (nSPS) is 23.6. The van der Waals surface area contributed by atoms with Crippen molar-refractivity contribution >= 4 is 6.09 Å². The van der Waals surface area contributed by atoms with Gasteiger partial charge in [-0.05, 0) is 12.0 Å². The van der Waals surface area contributed by atoms with E-state index < -0.39 is 0 Å². The number of ether oxygens (including phenoxy) is 1. The van der Waals surface area contributed by atoms with Gasteiger partial charge in [-0.1, -0.05) is 36.4 Å². The Morgan fingerprint density at radius 1 is 1.38 bits per heavy atom. The van der Waals surface area contributed by atoms with Crippen LogP contribution in [0.3, 0.4) is 0 Å². The Bertz CT molecular complexity index is 375. The SMILES string of the molecule is C=CCC1OC(=O)NC1Cc1ccccc1. The van der Waals surface area contributed by atoms with Gasteiger partial charge in [-0.25, -0.2) is 4.79 Å². The first-order valence-electron chi connectivity index (χ1n) is 5.41. The molecule has 1 aliphatic rings. The molecule has 1 aromatic carbocycles. The van der Waals surface area contributed by atoms with Crippen LogP contribution in [0.2, 0.25) is 0 Å². The zero-order valence-electron chi connectivity index (χ0n) is 9.06. The fraction of sp³-hybridized carbons (Fsp3) is 0.308. The first kappa shape index (κ1) is 10.7. The minimum Gasteiger partial charge on any atom is -0.444 e. The number of benzene rings is 1. The summed E-state index contributed by atoms with van der Waals surface area (Å²) < 4.78 is 5.17. The number of carbonyl (C=O) groups excluding carboxylic acids is 1. The minimum atomic E-state index is -0.326. The molecule has 0 aliphatic carbocycles. The third-order valence-corrected chi connectivity index (χ3v) is 2.71. The predicted molar refractivity (Wildman–Crippen MR) is 62.2 cm³/mol. The molecule has 3 heteroatoms. The van der Waals surface area contributed by atoms with Gasteiger partial charge in [0, 0.05) is 6.42 Å². The molecule has 3 nitrogen and oxygen atoms in total. The summed E-state index contributed by atoms with van der Waals surface area (Å²) in [7, 11) is 0. The zero-order chi connectivity index (χ0) is 11.4. The summed E-state index contributed by atoms with van der Waals surface area (Å²) in [4.78, 5) is 11.2. The molecule has 0 saturated carbocycles. The lowest BCUT2D eigenvalue weighted by atomic mass is 10.0. The van der Waals surface area contributed by atoms with Crippen molar-refractivity contribution in [2.45, 2.75) is 25.0 Å². The van der Waals surface area contributed by atoms with Crippen LogP contribution < -0.4 is 5.32 Å². The van der Waals surface area contributed by atoms with Crippen molar-refractivity contribution in [2.24, 2.45) is 0 Å². The molecule has 1 fully saturated rings. The Kier molecular flexibility index (Phi) is 3.25. The minimum absolute atomic E-state index is 0.0490. The molecule has 2 atom stereocenters. The number of hydrogen-bond acceptors (Lipinski definition) is 2. The maximum atomic E-state index is 11.2. The standard InChI is InChI=1S/C13H15NO2/c1-2-6-12-11(14-13(15)16-12)9-10-7-4-3-5-8-10/h2-5,7-8,11-12H,1,6,9H2,(H,14,15). The second-order valence-corrected chi connectivity index (χ2v) is 3.91. The molecule has 1 aromatic rings. The fourth-order valence-electron chi connectivity index (χ4n) is 1.93. The number of amides is 1. The number of carbonyl (C=O) groups is 1. The highest BCUT2D eigenvalue weighted by Gasteiger charge is 2.32. The number of cyclic esters (lactones) is 1. The van der Waals surface area contributed by atoms with E-state index >= 15 is 0 Å². The molecule has 1 amide bonds. The molecule has 2 unspecified atom stereocenters. The van der Waals surface area contributed by atoms with E-state index in [1.165, 1.54) is 5.56 Å². The highest BCUT2D eigenvalue weighted by Crippen LogP contribution is 2.17. The average Bonchev–Trinajstić information content (AvgIpc) is 2.61. The van der Waals surface area contributed by atoms with Gasteiger partial charge in [-0.2, -0.15) is 0 Å². The Labute approximate surface area is 95.1 Å². The van der Waals surface area contributed by atoms with Gasteiger partial charge in [0.05, 0.1) is 6.04 Å². The van der Waals surface area contributed by atoms with Crippen LogP contribution in [0, 0.1) is 0 Å². The maximum absolute atomic E-state index is 11.2. The summed E-state index contributed by atoms with van der Waals surface area (Å²) in [5.41, 5.74) is 1.20. The van der Waals surface area contributed by atoms with Gasteiger partial charge in [0.1, 0.15) is 6.10 Å². The van der Waals surface area contributed by atoms with Crippen LogP contribution >= 0.6 is 0 Å². The molecule has 0 aromatic heterocycles. The van der Waals surface area contributed by atoms with Gasteiger partial charge < -0.3 is 10.1 Å². The van der Waals surface area contributed by atoms with Gasteiger partial charge >= 0.3 is 6.09 Å². The molecule has 1 aliphatic heterocycles. The first-order chi connectivity index (χ1) is 7.79. The quantitative estimate of drug-likeness (QED) is 0.786. The van der Waals surface area contributed by atoms with E-state index in [4.69, 9.17) is 4.74 Å². The van der Waals surface area contributed by atoms with E-state index in [0.29, 0.717) is 6.42 Å². The van der Waals surface area contributed by atoms with Crippen molar-refractivity contribution in [1.29, 1.82) is 0 Å². The van der Waals surface area contributed by atoms with Crippen molar-refractivity contribution in [3.63, 3.8) is 0 Å². The van der Waals surface area contributed by atoms with Gasteiger partial charge in [0.15, 0.2) is 0 Å². The topological polar surface area (TPSA) is 38.3 Å². The first-order valence-corrected chi connectivity index (χ1v) is 5.41. The highest BCUT2D eigenvalue weighted by atomic mass is 16.6.